The number of ether oxygens (including phenoxy) is 2. The topological polar surface area (TPSA) is 38.8 Å². The molecule has 3 aromatic carbocycles. The lowest BCUT2D eigenvalue weighted by atomic mass is 9.96. The van der Waals surface area contributed by atoms with Gasteiger partial charge in [0.15, 0.2) is 11.6 Å². The summed E-state index contributed by atoms with van der Waals surface area (Å²) in [5, 5.41) is 2.12. The van der Waals surface area contributed by atoms with Crippen molar-refractivity contribution in [3.05, 3.63) is 71.5 Å². The maximum absolute atomic E-state index is 14.0. The van der Waals surface area contributed by atoms with Crippen molar-refractivity contribution in [3.63, 3.8) is 0 Å². The van der Waals surface area contributed by atoms with Crippen molar-refractivity contribution in [1.82, 2.24) is 4.90 Å². The highest BCUT2D eigenvalue weighted by Crippen LogP contribution is 2.27. The second kappa shape index (κ2) is 8.95. The predicted octanol–water partition coefficient (Wildman–Crippen LogP) is 5.15. The lowest BCUT2D eigenvalue weighted by Crippen LogP contribution is -2.33. The van der Waals surface area contributed by atoms with E-state index in [4.69, 9.17) is 9.47 Å². The highest BCUT2D eigenvalue weighted by atomic mass is 19.1. The molecule has 0 saturated carbocycles. The minimum Gasteiger partial charge on any atom is -0.497 e. The van der Waals surface area contributed by atoms with Crippen LogP contribution >= 0.6 is 0 Å². The summed E-state index contributed by atoms with van der Waals surface area (Å²) in [5.74, 6) is 0.287. The van der Waals surface area contributed by atoms with Crippen molar-refractivity contribution >= 4 is 16.7 Å². The van der Waals surface area contributed by atoms with Gasteiger partial charge in [-0.2, -0.15) is 0 Å². The standard InChI is InChI=1S/C24H26FNO3/c1-5-26(15-17-6-11-23(29-4)22(25)12-17)24(27)16(2)18-7-8-20-14-21(28-3)10-9-19(20)13-18/h6-14,16H,5,15H2,1-4H3/t16-/m0/s1. The number of halogens is 1. The van der Waals surface area contributed by atoms with Crippen LogP contribution in [0.5, 0.6) is 11.5 Å². The fourth-order valence-corrected chi connectivity index (χ4v) is 3.43. The Kier molecular flexibility index (Phi) is 6.37. The van der Waals surface area contributed by atoms with Crippen LogP contribution in [0.25, 0.3) is 10.8 Å². The normalized spacial score (nSPS) is 11.9. The van der Waals surface area contributed by atoms with E-state index < -0.39 is 5.82 Å². The van der Waals surface area contributed by atoms with Crippen molar-refractivity contribution in [2.75, 3.05) is 20.8 Å². The largest absolute Gasteiger partial charge is 0.497 e. The molecule has 1 atom stereocenters. The summed E-state index contributed by atoms with van der Waals surface area (Å²) in [5.41, 5.74) is 1.68. The van der Waals surface area contributed by atoms with Gasteiger partial charge in [0.05, 0.1) is 20.1 Å². The Morgan fingerprint density at radius 1 is 1.00 bits per heavy atom. The number of rotatable bonds is 7. The van der Waals surface area contributed by atoms with Crippen molar-refractivity contribution in [2.24, 2.45) is 0 Å². The van der Waals surface area contributed by atoms with Crippen molar-refractivity contribution in [1.29, 1.82) is 0 Å². The number of carbonyl (C=O) groups excluding carboxylic acids is 1. The molecule has 29 heavy (non-hydrogen) atoms. The molecule has 0 aliphatic carbocycles. The van der Waals surface area contributed by atoms with Crippen LogP contribution in [0, 0.1) is 5.82 Å². The Morgan fingerprint density at radius 2 is 1.72 bits per heavy atom. The molecule has 0 N–H and O–H groups in total. The Bertz CT molecular complexity index is 1020. The third-order valence-electron chi connectivity index (χ3n) is 5.22. The third kappa shape index (κ3) is 4.50. The van der Waals surface area contributed by atoms with Gasteiger partial charge in [0, 0.05) is 13.1 Å². The summed E-state index contributed by atoms with van der Waals surface area (Å²) in [7, 11) is 3.07. The molecule has 4 nitrogen and oxygen atoms in total. The number of benzene rings is 3. The van der Waals surface area contributed by atoms with Gasteiger partial charge < -0.3 is 14.4 Å². The molecule has 0 spiro atoms. The molecular formula is C24H26FNO3. The molecule has 0 heterocycles. The first-order valence-electron chi connectivity index (χ1n) is 9.65. The number of hydrogen-bond donors (Lipinski definition) is 0. The third-order valence-corrected chi connectivity index (χ3v) is 5.22. The Labute approximate surface area is 170 Å². The molecule has 0 radical (unpaired) electrons. The first-order valence-corrected chi connectivity index (χ1v) is 9.65. The van der Waals surface area contributed by atoms with Gasteiger partial charge in [-0.25, -0.2) is 4.39 Å². The van der Waals surface area contributed by atoms with Gasteiger partial charge in [-0.3, -0.25) is 4.79 Å². The Morgan fingerprint density at radius 3 is 2.38 bits per heavy atom. The first kappa shape index (κ1) is 20.6. The van der Waals surface area contributed by atoms with Crippen molar-refractivity contribution < 1.29 is 18.7 Å². The first-order chi connectivity index (χ1) is 14.0. The molecule has 3 aromatic rings. The van der Waals surface area contributed by atoms with E-state index in [1.54, 1.807) is 24.1 Å². The average molecular weight is 395 g/mol. The van der Waals surface area contributed by atoms with E-state index in [9.17, 15) is 9.18 Å². The van der Waals surface area contributed by atoms with E-state index in [-0.39, 0.29) is 17.6 Å². The SMILES string of the molecule is CCN(Cc1ccc(OC)c(F)c1)C(=O)[C@@H](C)c1ccc2cc(OC)ccc2c1. The van der Waals surface area contributed by atoms with Gasteiger partial charge in [-0.1, -0.05) is 30.3 Å². The zero-order chi connectivity index (χ0) is 21.0. The van der Waals surface area contributed by atoms with Gasteiger partial charge in [-0.05, 0) is 60.0 Å². The molecule has 0 aromatic heterocycles. The van der Waals surface area contributed by atoms with Gasteiger partial charge in [-0.15, -0.1) is 0 Å². The molecule has 0 aliphatic heterocycles. The molecule has 0 bridgehead atoms. The van der Waals surface area contributed by atoms with Gasteiger partial charge in [0.25, 0.3) is 0 Å². The van der Waals surface area contributed by atoms with Crippen LogP contribution in [0.4, 0.5) is 4.39 Å². The highest BCUT2D eigenvalue weighted by molar-refractivity contribution is 5.88. The lowest BCUT2D eigenvalue weighted by Gasteiger charge is -2.25. The van der Waals surface area contributed by atoms with E-state index in [0.29, 0.717) is 13.1 Å². The second-order valence-corrected chi connectivity index (χ2v) is 7.02. The maximum atomic E-state index is 14.0. The number of fused-ring (bicyclic) bond motifs is 1. The fraction of sp³-hybridized carbons (Fsp3) is 0.292. The quantitative estimate of drug-likeness (QED) is 0.555. The Hall–Kier alpha value is -3.08. The lowest BCUT2D eigenvalue weighted by molar-refractivity contribution is -0.132. The number of amides is 1. The van der Waals surface area contributed by atoms with Gasteiger partial charge in [0.2, 0.25) is 5.91 Å². The fourth-order valence-electron chi connectivity index (χ4n) is 3.43. The highest BCUT2D eigenvalue weighted by Gasteiger charge is 2.22. The molecule has 0 fully saturated rings. The summed E-state index contributed by atoms with van der Waals surface area (Å²) in [6.07, 6.45) is 0. The summed E-state index contributed by atoms with van der Waals surface area (Å²) < 4.78 is 24.2. The average Bonchev–Trinajstić information content (AvgIpc) is 2.75. The van der Waals surface area contributed by atoms with Gasteiger partial charge in [0.1, 0.15) is 5.75 Å². The monoisotopic (exact) mass is 395 g/mol. The molecule has 5 heteroatoms. The maximum Gasteiger partial charge on any atom is 0.230 e. The summed E-state index contributed by atoms with van der Waals surface area (Å²) in [6, 6.07) is 16.7. The molecule has 0 aliphatic rings. The van der Waals surface area contributed by atoms with Gasteiger partial charge >= 0.3 is 0 Å². The minimum absolute atomic E-state index is 0.0107. The summed E-state index contributed by atoms with van der Waals surface area (Å²) >= 11 is 0. The number of methoxy groups -OCH3 is 2. The molecule has 0 unspecified atom stereocenters. The Balaban J connectivity index is 1.79. The van der Waals surface area contributed by atoms with E-state index in [1.807, 2.05) is 50.2 Å². The van der Waals surface area contributed by atoms with E-state index in [1.165, 1.54) is 13.2 Å². The minimum atomic E-state index is -0.425. The number of likely N-dealkylation sites (N-methyl/N-ethyl adjacent to an activating group) is 1. The molecule has 0 saturated heterocycles. The molecule has 1 amide bonds. The van der Waals surface area contributed by atoms with Crippen molar-refractivity contribution in [3.8, 4) is 11.5 Å². The van der Waals surface area contributed by atoms with Crippen LogP contribution in [-0.2, 0) is 11.3 Å². The smallest absolute Gasteiger partial charge is 0.230 e. The van der Waals surface area contributed by atoms with Crippen LogP contribution < -0.4 is 9.47 Å². The predicted molar refractivity (Wildman–Crippen MR) is 113 cm³/mol. The van der Waals surface area contributed by atoms with E-state index >= 15 is 0 Å². The van der Waals surface area contributed by atoms with E-state index in [2.05, 4.69) is 0 Å². The zero-order valence-corrected chi connectivity index (χ0v) is 17.2. The van der Waals surface area contributed by atoms with Crippen molar-refractivity contribution in [2.45, 2.75) is 26.3 Å². The van der Waals surface area contributed by atoms with Crippen LogP contribution in [0.1, 0.15) is 30.9 Å². The van der Waals surface area contributed by atoms with Crippen LogP contribution in [0.2, 0.25) is 0 Å². The summed E-state index contributed by atoms with van der Waals surface area (Å²) in [6.45, 7) is 4.73. The summed E-state index contributed by atoms with van der Waals surface area (Å²) in [4.78, 5) is 14.9. The van der Waals surface area contributed by atoms with Crippen LogP contribution in [-0.4, -0.2) is 31.6 Å². The van der Waals surface area contributed by atoms with E-state index in [0.717, 1.165) is 27.6 Å². The molecular weight excluding hydrogens is 369 g/mol. The van der Waals surface area contributed by atoms with Crippen LogP contribution in [0.15, 0.2) is 54.6 Å². The molecule has 3 rings (SSSR count). The number of carbonyl (C=O) groups is 1. The second-order valence-electron chi connectivity index (χ2n) is 7.02. The van der Waals surface area contributed by atoms with Crippen LogP contribution in [0.3, 0.4) is 0 Å². The number of hydrogen-bond acceptors (Lipinski definition) is 3. The number of nitrogens with zero attached hydrogens (tertiary/aromatic N) is 1. The molecule has 152 valence electrons. The zero-order valence-electron chi connectivity index (χ0n) is 17.2.